The summed E-state index contributed by atoms with van der Waals surface area (Å²) in [6.07, 6.45) is 2.17. The molecule has 7 nitrogen and oxygen atoms in total. The maximum Gasteiger partial charge on any atom is 0.233 e. The second-order valence-electron chi connectivity index (χ2n) is 7.88. The van der Waals surface area contributed by atoms with Crippen molar-refractivity contribution in [3.63, 3.8) is 0 Å². The molecule has 1 aliphatic heterocycles. The molecular weight excluding hydrogens is 460 g/mol. The maximum atomic E-state index is 12.7. The topological polar surface area (TPSA) is 78.3 Å². The van der Waals surface area contributed by atoms with Crippen molar-refractivity contribution in [2.24, 2.45) is 0 Å². The maximum absolute atomic E-state index is 12.7. The van der Waals surface area contributed by atoms with Crippen molar-refractivity contribution in [2.75, 3.05) is 13.7 Å². The molecule has 1 saturated heterocycles. The van der Waals surface area contributed by atoms with Gasteiger partial charge >= 0.3 is 0 Å². The molecule has 174 valence electrons. The number of carbonyl (C=O) groups is 1. The van der Waals surface area contributed by atoms with E-state index >= 15 is 0 Å². The van der Waals surface area contributed by atoms with E-state index in [1.54, 1.807) is 7.11 Å². The van der Waals surface area contributed by atoms with Gasteiger partial charge in [-0.2, -0.15) is 0 Å². The molecule has 2 atom stereocenters. The van der Waals surface area contributed by atoms with E-state index in [0.717, 1.165) is 42.1 Å². The molecule has 0 aliphatic carbocycles. The van der Waals surface area contributed by atoms with Gasteiger partial charge in [-0.3, -0.25) is 9.36 Å². The molecule has 3 aromatic rings. The highest BCUT2D eigenvalue weighted by Crippen LogP contribution is 2.29. The Morgan fingerprint density at radius 2 is 2.00 bits per heavy atom. The Kier molecular flexibility index (Phi) is 7.90. The molecule has 1 N–H and O–H groups in total. The number of hydrogen-bond acceptors (Lipinski definition) is 6. The molecule has 1 aliphatic rings. The van der Waals surface area contributed by atoms with Gasteiger partial charge < -0.3 is 14.8 Å². The summed E-state index contributed by atoms with van der Waals surface area (Å²) in [5, 5.41) is 12.9. The Hall–Kier alpha value is -2.55. The molecule has 1 aromatic heterocycles. The third-order valence-corrected chi connectivity index (χ3v) is 6.84. The minimum atomic E-state index is -0.339. The van der Waals surface area contributed by atoms with Crippen LogP contribution < -0.4 is 10.1 Å². The third-order valence-electron chi connectivity index (χ3n) is 5.51. The van der Waals surface area contributed by atoms with Crippen LogP contribution in [-0.4, -0.2) is 45.7 Å². The molecule has 1 fully saturated rings. The highest BCUT2D eigenvalue weighted by molar-refractivity contribution is 8.00. The van der Waals surface area contributed by atoms with Crippen molar-refractivity contribution in [3.05, 3.63) is 59.1 Å². The number of ether oxygens (including phenoxy) is 2. The largest absolute Gasteiger partial charge is 0.497 e. The van der Waals surface area contributed by atoms with Crippen LogP contribution in [0.15, 0.2) is 53.7 Å². The van der Waals surface area contributed by atoms with Crippen LogP contribution in [-0.2, 0) is 22.6 Å². The van der Waals surface area contributed by atoms with E-state index in [9.17, 15) is 4.79 Å². The summed E-state index contributed by atoms with van der Waals surface area (Å²) >= 11 is 7.33. The highest BCUT2D eigenvalue weighted by atomic mass is 35.5. The number of thioether (sulfide) groups is 1. The lowest BCUT2D eigenvalue weighted by atomic mass is 10.2. The average Bonchev–Trinajstić information content (AvgIpc) is 3.49. The minimum Gasteiger partial charge on any atom is -0.497 e. The van der Waals surface area contributed by atoms with Crippen molar-refractivity contribution in [2.45, 2.75) is 49.4 Å². The second kappa shape index (κ2) is 11.0. The molecule has 0 radical (unpaired) electrons. The first-order valence-electron chi connectivity index (χ1n) is 10.9. The summed E-state index contributed by atoms with van der Waals surface area (Å²) in [6.45, 7) is 3.74. The third kappa shape index (κ3) is 6.07. The lowest BCUT2D eigenvalue weighted by molar-refractivity contribution is -0.120. The number of nitrogens with one attached hydrogen (secondary N) is 1. The Labute approximate surface area is 202 Å². The van der Waals surface area contributed by atoms with E-state index in [1.807, 2.05) is 55.5 Å². The van der Waals surface area contributed by atoms with Crippen molar-refractivity contribution in [3.8, 4) is 17.1 Å². The fraction of sp³-hybridized carbons (Fsp3) is 0.375. The summed E-state index contributed by atoms with van der Waals surface area (Å²) in [4.78, 5) is 12.7. The number of hydrogen-bond donors (Lipinski definition) is 1. The van der Waals surface area contributed by atoms with Crippen LogP contribution in [0.25, 0.3) is 11.4 Å². The first-order chi connectivity index (χ1) is 16.0. The summed E-state index contributed by atoms with van der Waals surface area (Å²) < 4.78 is 13.2. The van der Waals surface area contributed by atoms with Crippen molar-refractivity contribution in [1.82, 2.24) is 20.1 Å². The van der Waals surface area contributed by atoms with Gasteiger partial charge in [-0.05, 0) is 61.7 Å². The summed E-state index contributed by atoms with van der Waals surface area (Å²) in [5.74, 6) is 1.47. The van der Waals surface area contributed by atoms with Crippen molar-refractivity contribution in [1.29, 1.82) is 0 Å². The Morgan fingerprint density at radius 1 is 1.24 bits per heavy atom. The fourth-order valence-electron chi connectivity index (χ4n) is 3.63. The zero-order valence-corrected chi connectivity index (χ0v) is 20.2. The van der Waals surface area contributed by atoms with Gasteiger partial charge in [-0.25, -0.2) is 0 Å². The van der Waals surface area contributed by atoms with Crippen LogP contribution in [0.3, 0.4) is 0 Å². The normalized spacial score (nSPS) is 16.5. The Balaban J connectivity index is 1.48. The molecule has 0 saturated carbocycles. The number of amides is 1. The number of halogens is 1. The van der Waals surface area contributed by atoms with Gasteiger partial charge in [0, 0.05) is 23.7 Å². The average molecular weight is 487 g/mol. The zero-order valence-electron chi connectivity index (χ0n) is 18.7. The quantitative estimate of drug-likeness (QED) is 0.446. The fourth-order valence-corrected chi connectivity index (χ4v) is 4.64. The van der Waals surface area contributed by atoms with Crippen LogP contribution in [0, 0.1) is 0 Å². The van der Waals surface area contributed by atoms with Gasteiger partial charge in [0.1, 0.15) is 5.75 Å². The Bertz CT molecular complexity index is 1070. The van der Waals surface area contributed by atoms with Crippen LogP contribution in [0.2, 0.25) is 5.02 Å². The van der Waals surface area contributed by atoms with Crippen molar-refractivity contribution >= 4 is 29.3 Å². The first-order valence-corrected chi connectivity index (χ1v) is 12.2. The summed E-state index contributed by atoms with van der Waals surface area (Å²) in [6, 6.07) is 15.2. The van der Waals surface area contributed by atoms with Crippen LogP contribution in [0.5, 0.6) is 5.75 Å². The smallest absolute Gasteiger partial charge is 0.233 e. The number of benzene rings is 2. The number of nitrogens with zero attached hydrogens (tertiary/aromatic N) is 3. The molecule has 2 unspecified atom stereocenters. The van der Waals surface area contributed by atoms with Crippen molar-refractivity contribution < 1.29 is 14.3 Å². The lowest BCUT2D eigenvalue weighted by Gasteiger charge is -2.16. The van der Waals surface area contributed by atoms with E-state index in [-0.39, 0.29) is 17.3 Å². The van der Waals surface area contributed by atoms with E-state index in [1.165, 1.54) is 11.8 Å². The number of rotatable bonds is 9. The van der Waals surface area contributed by atoms with Gasteiger partial charge in [-0.15, -0.1) is 10.2 Å². The van der Waals surface area contributed by atoms with Gasteiger partial charge in [0.15, 0.2) is 11.0 Å². The van der Waals surface area contributed by atoms with E-state index < -0.39 is 0 Å². The predicted octanol–water partition coefficient (Wildman–Crippen LogP) is 4.58. The molecular formula is C24H27ClN4O3S. The molecule has 9 heteroatoms. The number of aromatic nitrogens is 3. The lowest BCUT2D eigenvalue weighted by Crippen LogP contribution is -2.30. The number of methoxy groups -OCH3 is 1. The predicted molar refractivity (Wildman–Crippen MR) is 130 cm³/mol. The van der Waals surface area contributed by atoms with Crippen LogP contribution >= 0.6 is 23.4 Å². The minimum absolute atomic E-state index is 0.0624. The van der Waals surface area contributed by atoms with Gasteiger partial charge in [-0.1, -0.05) is 35.5 Å². The monoisotopic (exact) mass is 486 g/mol. The summed E-state index contributed by atoms with van der Waals surface area (Å²) in [5.41, 5.74) is 1.93. The second-order valence-corrected chi connectivity index (χ2v) is 9.63. The molecule has 2 aromatic carbocycles. The molecule has 0 bridgehead atoms. The molecule has 2 heterocycles. The van der Waals surface area contributed by atoms with E-state index in [0.29, 0.717) is 23.3 Å². The van der Waals surface area contributed by atoms with E-state index in [2.05, 4.69) is 20.1 Å². The van der Waals surface area contributed by atoms with Crippen LogP contribution in [0.1, 0.15) is 25.3 Å². The molecule has 4 rings (SSSR count). The SMILES string of the molecule is COc1ccc(-c2nnc(SC(C)C(=O)NCc3ccc(Cl)cc3)n2CC2CCCO2)cc1. The Morgan fingerprint density at radius 3 is 2.67 bits per heavy atom. The molecule has 1 amide bonds. The highest BCUT2D eigenvalue weighted by Gasteiger charge is 2.24. The molecule has 33 heavy (non-hydrogen) atoms. The zero-order chi connectivity index (χ0) is 23.2. The standard InChI is InChI=1S/C24H27ClN4O3S/c1-16(23(30)26-14-17-5-9-19(25)10-6-17)33-24-28-27-22(18-7-11-20(31-2)12-8-18)29(24)15-21-4-3-13-32-21/h5-12,16,21H,3-4,13-15H2,1-2H3,(H,26,30). The van der Waals surface area contributed by atoms with Gasteiger partial charge in [0.25, 0.3) is 0 Å². The van der Waals surface area contributed by atoms with E-state index in [4.69, 9.17) is 21.1 Å². The van der Waals surface area contributed by atoms with Gasteiger partial charge in [0.05, 0.1) is 25.0 Å². The first kappa shape index (κ1) is 23.6. The molecule has 0 spiro atoms. The summed E-state index contributed by atoms with van der Waals surface area (Å²) in [7, 11) is 1.64. The number of carbonyl (C=O) groups excluding carboxylic acids is 1. The van der Waals surface area contributed by atoms with Gasteiger partial charge in [0.2, 0.25) is 5.91 Å². The van der Waals surface area contributed by atoms with Crippen LogP contribution in [0.4, 0.5) is 0 Å².